The van der Waals surface area contributed by atoms with Gasteiger partial charge in [0.25, 0.3) is 0 Å². The number of nitrogens with two attached hydrogens (primary N) is 1. The zero-order valence-electron chi connectivity index (χ0n) is 4.89. The van der Waals surface area contributed by atoms with Crippen molar-refractivity contribution in [3.63, 3.8) is 0 Å². The summed E-state index contributed by atoms with van der Waals surface area (Å²) >= 11 is 1.11. The molecule has 50 valence electrons. The maximum Gasteiger partial charge on any atom is 0.153 e. The highest BCUT2D eigenvalue weighted by atomic mass is 32.2. The minimum absolute atomic E-state index is 0.0482. The van der Waals surface area contributed by atoms with Crippen LogP contribution in [0.4, 0.5) is 0 Å². The molecule has 0 amide bonds. The molecule has 0 aliphatic heterocycles. The summed E-state index contributed by atoms with van der Waals surface area (Å²) < 4.78 is 4.80. The van der Waals surface area contributed by atoms with Crippen molar-refractivity contribution in [2.45, 2.75) is 0 Å². The summed E-state index contributed by atoms with van der Waals surface area (Å²) in [6.07, 6.45) is 4.88. The number of ether oxygens (including phenoxy) is 1. The second-order valence-electron chi connectivity index (χ2n) is 1.18. The lowest BCUT2D eigenvalue weighted by Crippen LogP contribution is -2.05. The molecule has 0 unspecified atom stereocenters. The molecule has 0 radical (unpaired) electrons. The number of thioether (sulfide) groups is 1. The van der Waals surface area contributed by atoms with E-state index in [9.17, 15) is 0 Å². The van der Waals surface area contributed by atoms with Crippen LogP contribution in [0.2, 0.25) is 0 Å². The van der Waals surface area contributed by atoms with Crippen molar-refractivity contribution in [3.05, 3.63) is 0 Å². The van der Waals surface area contributed by atoms with Crippen LogP contribution >= 0.6 is 11.8 Å². The Morgan fingerprint density at radius 3 is 3.00 bits per heavy atom. The highest BCUT2D eigenvalue weighted by molar-refractivity contribution is 8.13. The van der Waals surface area contributed by atoms with Crippen LogP contribution in [-0.4, -0.2) is 17.7 Å². The quantitative estimate of drug-likeness (QED) is 0.196. The summed E-state index contributed by atoms with van der Waals surface area (Å²) in [5.74, 6) is 2.66. The van der Waals surface area contributed by atoms with E-state index in [1.54, 1.807) is 0 Å². The van der Waals surface area contributed by atoms with Gasteiger partial charge >= 0.3 is 0 Å². The van der Waals surface area contributed by atoms with Crippen molar-refractivity contribution in [1.29, 1.82) is 5.41 Å². The van der Waals surface area contributed by atoms with Crippen LogP contribution in [0.15, 0.2) is 0 Å². The molecule has 9 heavy (non-hydrogen) atoms. The Hall–Kier alpha value is -0.660. The van der Waals surface area contributed by atoms with Crippen LogP contribution in [0, 0.1) is 17.8 Å². The lowest BCUT2D eigenvalue weighted by atomic mass is 10.8. The van der Waals surface area contributed by atoms with Gasteiger partial charge in [0.15, 0.2) is 5.17 Å². The largest absolute Gasteiger partial charge is 0.379 e. The first-order chi connectivity index (χ1) is 4.27. The predicted octanol–water partition coefficient (Wildman–Crippen LogP) is 0.220. The second kappa shape index (κ2) is 5.48. The molecular weight excluding hydrogens is 136 g/mol. The fourth-order valence-electron chi connectivity index (χ4n) is 0.206. The smallest absolute Gasteiger partial charge is 0.153 e. The zero-order valence-corrected chi connectivity index (χ0v) is 5.70. The second-order valence-corrected chi connectivity index (χ2v) is 2.14. The fraction of sp³-hybridized carbons (Fsp3) is 0.400. The SMILES string of the molecule is C#CCOCSC(=N)N. The maximum atomic E-state index is 6.74. The molecule has 0 saturated heterocycles. The lowest BCUT2D eigenvalue weighted by molar-refractivity contribution is 0.223. The Balaban J connectivity index is 2.94. The number of hydrogen-bond acceptors (Lipinski definition) is 3. The molecule has 3 N–H and O–H groups in total. The van der Waals surface area contributed by atoms with Crippen molar-refractivity contribution in [3.8, 4) is 12.3 Å². The van der Waals surface area contributed by atoms with Crippen LogP contribution < -0.4 is 5.73 Å². The summed E-state index contributed by atoms with van der Waals surface area (Å²) in [4.78, 5) is 0. The molecular formula is C5H8N2OS. The summed E-state index contributed by atoms with van der Waals surface area (Å²) in [7, 11) is 0. The average Bonchev–Trinajstić information content (AvgIpc) is 1.80. The summed E-state index contributed by atoms with van der Waals surface area (Å²) in [5, 5.41) is 6.79. The fourth-order valence-corrected chi connectivity index (χ4v) is 0.499. The Morgan fingerprint density at radius 1 is 1.89 bits per heavy atom. The van der Waals surface area contributed by atoms with Gasteiger partial charge in [-0.05, 0) is 0 Å². The van der Waals surface area contributed by atoms with Gasteiger partial charge in [0.05, 0.1) is 0 Å². The molecule has 3 nitrogen and oxygen atoms in total. The van der Waals surface area contributed by atoms with Gasteiger partial charge in [-0.1, -0.05) is 17.7 Å². The van der Waals surface area contributed by atoms with E-state index >= 15 is 0 Å². The number of amidine groups is 1. The third-order valence-electron chi connectivity index (χ3n) is 0.483. The molecule has 0 fully saturated rings. The normalized spacial score (nSPS) is 8.33. The Bertz CT molecular complexity index is 129. The molecule has 0 aliphatic rings. The Labute approximate surface area is 58.5 Å². The van der Waals surface area contributed by atoms with Gasteiger partial charge in [0.2, 0.25) is 0 Å². The van der Waals surface area contributed by atoms with Gasteiger partial charge in [-0.15, -0.1) is 6.42 Å². The molecule has 0 aromatic carbocycles. The van der Waals surface area contributed by atoms with Crippen molar-refractivity contribution < 1.29 is 4.74 Å². The van der Waals surface area contributed by atoms with Crippen molar-refractivity contribution in [2.75, 3.05) is 12.5 Å². The van der Waals surface area contributed by atoms with E-state index in [1.807, 2.05) is 0 Å². The first-order valence-electron chi connectivity index (χ1n) is 2.25. The molecule has 0 aromatic heterocycles. The molecule has 0 bridgehead atoms. The monoisotopic (exact) mass is 144 g/mol. The molecule has 0 heterocycles. The number of nitrogens with one attached hydrogen (secondary N) is 1. The Morgan fingerprint density at radius 2 is 2.56 bits per heavy atom. The van der Waals surface area contributed by atoms with E-state index in [4.69, 9.17) is 22.3 Å². The first-order valence-corrected chi connectivity index (χ1v) is 3.24. The van der Waals surface area contributed by atoms with Gasteiger partial charge in [-0.2, -0.15) is 0 Å². The van der Waals surface area contributed by atoms with Gasteiger partial charge in [-0.3, -0.25) is 5.41 Å². The lowest BCUT2D eigenvalue weighted by Gasteiger charge is -1.95. The van der Waals surface area contributed by atoms with Gasteiger partial charge in [0, 0.05) is 0 Å². The molecule has 4 heteroatoms. The van der Waals surface area contributed by atoms with Crippen LogP contribution in [0.5, 0.6) is 0 Å². The summed E-state index contributed by atoms with van der Waals surface area (Å²) in [6, 6.07) is 0. The highest BCUT2D eigenvalue weighted by Gasteiger charge is 1.87. The third-order valence-corrected chi connectivity index (χ3v) is 1.08. The van der Waals surface area contributed by atoms with E-state index in [1.165, 1.54) is 0 Å². The number of rotatable bonds is 3. The summed E-state index contributed by atoms with van der Waals surface area (Å²) in [5.41, 5.74) is 4.99. The van der Waals surface area contributed by atoms with Crippen LogP contribution in [0.1, 0.15) is 0 Å². The first kappa shape index (κ1) is 8.34. The minimum Gasteiger partial charge on any atom is -0.379 e. The third kappa shape index (κ3) is 7.34. The van der Waals surface area contributed by atoms with Crippen LogP contribution in [0.25, 0.3) is 0 Å². The van der Waals surface area contributed by atoms with Gasteiger partial charge in [0.1, 0.15) is 12.5 Å². The topological polar surface area (TPSA) is 59.1 Å². The maximum absolute atomic E-state index is 6.74. The van der Waals surface area contributed by atoms with Crippen LogP contribution in [-0.2, 0) is 4.74 Å². The average molecular weight is 144 g/mol. The molecule has 0 aromatic rings. The van der Waals surface area contributed by atoms with Crippen LogP contribution in [0.3, 0.4) is 0 Å². The van der Waals surface area contributed by atoms with Crippen molar-refractivity contribution in [1.82, 2.24) is 0 Å². The van der Waals surface area contributed by atoms with Gasteiger partial charge < -0.3 is 10.5 Å². The molecule has 0 saturated carbocycles. The van der Waals surface area contributed by atoms with Crippen molar-refractivity contribution in [2.24, 2.45) is 5.73 Å². The van der Waals surface area contributed by atoms with E-state index in [0.29, 0.717) is 5.94 Å². The molecule has 0 aliphatic carbocycles. The Kier molecular flexibility index (Phi) is 5.07. The predicted molar refractivity (Wildman–Crippen MR) is 39.2 cm³/mol. The summed E-state index contributed by atoms with van der Waals surface area (Å²) in [6.45, 7) is 0.278. The number of terminal acetylenes is 1. The molecule has 0 spiro atoms. The number of hydrogen-bond donors (Lipinski definition) is 2. The standard InChI is InChI=1S/C5H8N2OS/c1-2-3-8-4-9-5(6)7/h1H,3-4H2,(H3,6,7). The molecule has 0 rings (SSSR count). The van der Waals surface area contributed by atoms with E-state index in [-0.39, 0.29) is 11.8 Å². The minimum atomic E-state index is 0.0482. The van der Waals surface area contributed by atoms with Crippen molar-refractivity contribution >= 4 is 16.9 Å². The van der Waals surface area contributed by atoms with E-state index in [0.717, 1.165) is 11.8 Å². The van der Waals surface area contributed by atoms with Gasteiger partial charge in [-0.25, -0.2) is 0 Å². The highest BCUT2D eigenvalue weighted by Crippen LogP contribution is 1.96. The zero-order chi connectivity index (χ0) is 7.11. The van der Waals surface area contributed by atoms with E-state index < -0.39 is 0 Å². The molecule has 0 atom stereocenters. The van der Waals surface area contributed by atoms with E-state index in [2.05, 4.69) is 5.92 Å².